The van der Waals surface area contributed by atoms with Crippen LogP contribution < -0.4 is 10.2 Å². The molecule has 0 saturated carbocycles. The first-order chi connectivity index (χ1) is 11.3. The normalized spacial score (nSPS) is 18.6. The van der Waals surface area contributed by atoms with Gasteiger partial charge in [-0.2, -0.15) is 0 Å². The van der Waals surface area contributed by atoms with Gasteiger partial charge in [0.1, 0.15) is 6.04 Å². The third-order valence-electron chi connectivity index (χ3n) is 3.31. The molecule has 0 aliphatic carbocycles. The zero-order valence-corrected chi connectivity index (χ0v) is 14.3. The molecule has 0 radical (unpaired) electrons. The highest BCUT2D eigenvalue weighted by Gasteiger charge is 2.40. The van der Waals surface area contributed by atoms with Crippen molar-refractivity contribution in [3.8, 4) is 0 Å². The molecule has 1 aliphatic rings. The zero-order chi connectivity index (χ0) is 17.9. The second-order valence-electron chi connectivity index (χ2n) is 5.16. The number of carbonyl (C=O) groups excluding carboxylic acids is 3. The number of nitrogens with zero attached hydrogens (tertiary/aromatic N) is 1. The maximum Gasteiger partial charge on any atom is 0.327 e. The fraction of sp³-hybridized carbons (Fsp3) is 0.333. The molecule has 24 heavy (non-hydrogen) atoms. The summed E-state index contributed by atoms with van der Waals surface area (Å²) in [4.78, 5) is 47.7. The molecule has 3 amide bonds. The average molecular weight is 371 g/mol. The number of thioether (sulfide) groups is 1. The minimum absolute atomic E-state index is 0.0119. The van der Waals surface area contributed by atoms with Crippen molar-refractivity contribution >= 4 is 52.7 Å². The van der Waals surface area contributed by atoms with E-state index in [2.05, 4.69) is 5.32 Å². The van der Waals surface area contributed by atoms with Crippen molar-refractivity contribution in [1.29, 1.82) is 0 Å². The van der Waals surface area contributed by atoms with E-state index in [4.69, 9.17) is 16.7 Å². The number of hydrogen-bond acceptors (Lipinski definition) is 5. The lowest BCUT2D eigenvalue weighted by Gasteiger charge is -2.16. The molecule has 9 heteroatoms. The molecule has 1 saturated heterocycles. The number of benzene rings is 1. The number of imide groups is 1. The van der Waals surface area contributed by atoms with Crippen molar-refractivity contribution in [1.82, 2.24) is 5.32 Å². The fourth-order valence-corrected chi connectivity index (χ4v) is 3.60. The molecule has 2 rings (SSSR count). The number of carbonyl (C=O) groups is 4. The molecule has 1 fully saturated rings. The topological polar surface area (TPSA) is 104 Å². The second-order valence-corrected chi connectivity index (χ2v) is 6.84. The van der Waals surface area contributed by atoms with Crippen LogP contribution in [0.2, 0.25) is 5.02 Å². The Bertz CT molecular complexity index is 696. The summed E-state index contributed by atoms with van der Waals surface area (Å²) in [7, 11) is 0. The molecule has 0 unspecified atom stereocenters. The number of nitrogens with one attached hydrogen (secondary N) is 1. The van der Waals surface area contributed by atoms with Crippen LogP contribution in [0.4, 0.5) is 5.69 Å². The van der Waals surface area contributed by atoms with Gasteiger partial charge in [-0.25, -0.2) is 9.69 Å². The van der Waals surface area contributed by atoms with Gasteiger partial charge in [-0.05, 0) is 18.2 Å². The number of carboxylic acid groups (broad SMARTS) is 1. The third-order valence-corrected chi connectivity index (χ3v) is 4.84. The van der Waals surface area contributed by atoms with E-state index in [-0.39, 0.29) is 18.1 Å². The van der Waals surface area contributed by atoms with Gasteiger partial charge in [-0.15, -0.1) is 11.8 Å². The monoisotopic (exact) mass is 370 g/mol. The van der Waals surface area contributed by atoms with Crippen LogP contribution in [0.5, 0.6) is 0 Å². The molecule has 2 atom stereocenters. The van der Waals surface area contributed by atoms with Crippen molar-refractivity contribution in [3.63, 3.8) is 0 Å². The summed E-state index contributed by atoms with van der Waals surface area (Å²) >= 11 is 6.92. The molecule has 1 heterocycles. The molecule has 1 aliphatic heterocycles. The predicted molar refractivity (Wildman–Crippen MR) is 90.0 cm³/mol. The summed E-state index contributed by atoms with van der Waals surface area (Å²) in [5, 5.41) is 11.1. The Balaban J connectivity index is 2.06. The minimum atomic E-state index is -1.19. The van der Waals surface area contributed by atoms with Crippen LogP contribution in [-0.2, 0) is 19.2 Å². The molecule has 7 nitrogen and oxygen atoms in total. The smallest absolute Gasteiger partial charge is 0.327 e. The van der Waals surface area contributed by atoms with Gasteiger partial charge < -0.3 is 10.4 Å². The Morgan fingerprint density at radius 2 is 2.17 bits per heavy atom. The quantitative estimate of drug-likeness (QED) is 0.731. The standard InChI is InChI=1S/C15H15ClN2O5S/c1-8(19)17-11(15(22)23)7-24-12-6-13(20)18(14(12)21)10-4-2-3-9(16)5-10/h2-5,11-12H,6-7H2,1H3,(H,17,19)(H,22,23)/t11-,12-/m0/s1. The first-order valence-electron chi connectivity index (χ1n) is 7.03. The van der Waals surface area contributed by atoms with E-state index in [1.54, 1.807) is 18.2 Å². The van der Waals surface area contributed by atoms with Gasteiger partial charge in [0.05, 0.1) is 10.9 Å². The van der Waals surface area contributed by atoms with E-state index in [1.165, 1.54) is 13.0 Å². The van der Waals surface area contributed by atoms with Crippen LogP contribution in [0.1, 0.15) is 13.3 Å². The Labute approximate surface area is 147 Å². The van der Waals surface area contributed by atoms with E-state index in [0.29, 0.717) is 10.7 Å². The summed E-state index contributed by atoms with van der Waals surface area (Å²) in [5.41, 5.74) is 0.386. The number of amides is 3. The van der Waals surface area contributed by atoms with E-state index in [9.17, 15) is 19.2 Å². The number of hydrogen-bond donors (Lipinski definition) is 2. The van der Waals surface area contributed by atoms with Crippen molar-refractivity contribution in [2.24, 2.45) is 0 Å². The van der Waals surface area contributed by atoms with E-state index >= 15 is 0 Å². The summed E-state index contributed by atoms with van der Waals surface area (Å²) in [6.45, 7) is 1.21. The number of carboxylic acids is 1. The van der Waals surface area contributed by atoms with E-state index in [1.807, 2.05) is 0 Å². The van der Waals surface area contributed by atoms with Gasteiger partial charge >= 0.3 is 5.97 Å². The lowest BCUT2D eigenvalue weighted by Crippen LogP contribution is -2.42. The summed E-state index contributed by atoms with van der Waals surface area (Å²) in [6.07, 6.45) is -0.0254. The maximum absolute atomic E-state index is 12.4. The Morgan fingerprint density at radius 3 is 2.75 bits per heavy atom. The van der Waals surface area contributed by atoms with Crippen LogP contribution in [0.15, 0.2) is 24.3 Å². The van der Waals surface area contributed by atoms with E-state index < -0.39 is 29.1 Å². The van der Waals surface area contributed by atoms with Crippen LogP contribution in [0.25, 0.3) is 0 Å². The van der Waals surface area contributed by atoms with Gasteiger partial charge in [-0.1, -0.05) is 17.7 Å². The van der Waals surface area contributed by atoms with Crippen molar-refractivity contribution in [2.75, 3.05) is 10.7 Å². The molecule has 2 N–H and O–H groups in total. The van der Waals surface area contributed by atoms with Gasteiger partial charge in [0.2, 0.25) is 17.7 Å². The third kappa shape index (κ3) is 4.27. The molecule has 0 spiro atoms. The molecule has 1 aromatic rings. The SMILES string of the molecule is CC(=O)N[C@@H](CS[C@H]1CC(=O)N(c2cccc(Cl)c2)C1=O)C(=O)O. The first kappa shape index (κ1) is 18.3. The Morgan fingerprint density at radius 1 is 1.46 bits per heavy atom. The Hall–Kier alpha value is -2.06. The van der Waals surface area contributed by atoms with Gasteiger partial charge in [0, 0.05) is 24.1 Å². The lowest BCUT2D eigenvalue weighted by molar-refractivity contribution is -0.140. The van der Waals surface area contributed by atoms with Crippen LogP contribution in [0, 0.1) is 0 Å². The molecule has 1 aromatic carbocycles. The van der Waals surface area contributed by atoms with Gasteiger partial charge in [-0.3, -0.25) is 14.4 Å². The molecule has 0 bridgehead atoms. The van der Waals surface area contributed by atoms with Crippen LogP contribution >= 0.6 is 23.4 Å². The Kier molecular flexibility index (Phi) is 5.84. The van der Waals surface area contributed by atoms with Crippen LogP contribution in [0.3, 0.4) is 0 Å². The zero-order valence-electron chi connectivity index (χ0n) is 12.7. The summed E-state index contributed by atoms with van der Waals surface area (Å²) in [5.74, 6) is -2.47. The summed E-state index contributed by atoms with van der Waals surface area (Å²) < 4.78 is 0. The highest BCUT2D eigenvalue weighted by molar-refractivity contribution is 8.00. The predicted octanol–water partition coefficient (Wildman–Crippen LogP) is 1.29. The summed E-state index contributed by atoms with van der Waals surface area (Å²) in [6, 6.07) is 5.27. The molecular formula is C15H15ClN2O5S. The van der Waals surface area contributed by atoms with Gasteiger partial charge in [0.25, 0.3) is 0 Å². The van der Waals surface area contributed by atoms with Crippen molar-refractivity contribution < 1.29 is 24.3 Å². The number of anilines is 1. The molecule has 128 valence electrons. The second kappa shape index (κ2) is 7.67. The molecule has 0 aromatic heterocycles. The first-order valence-corrected chi connectivity index (χ1v) is 8.46. The van der Waals surface area contributed by atoms with E-state index in [0.717, 1.165) is 16.7 Å². The highest BCUT2D eigenvalue weighted by atomic mass is 35.5. The van der Waals surface area contributed by atoms with Gasteiger partial charge in [0.15, 0.2) is 0 Å². The van der Waals surface area contributed by atoms with Crippen LogP contribution in [-0.4, -0.2) is 45.8 Å². The number of rotatable bonds is 6. The largest absolute Gasteiger partial charge is 0.480 e. The maximum atomic E-state index is 12.4. The number of aliphatic carboxylic acids is 1. The lowest BCUT2D eigenvalue weighted by atomic mass is 10.3. The highest BCUT2D eigenvalue weighted by Crippen LogP contribution is 2.31. The number of halogens is 1. The fourth-order valence-electron chi connectivity index (χ4n) is 2.25. The average Bonchev–Trinajstić information content (AvgIpc) is 2.77. The molecular weight excluding hydrogens is 356 g/mol. The van der Waals surface area contributed by atoms with Crippen molar-refractivity contribution in [3.05, 3.63) is 29.3 Å². The van der Waals surface area contributed by atoms with Crippen molar-refractivity contribution in [2.45, 2.75) is 24.6 Å². The minimum Gasteiger partial charge on any atom is -0.480 e.